The molecule has 1 unspecified atom stereocenters. The number of halogens is 1. The van der Waals surface area contributed by atoms with Gasteiger partial charge in [-0.05, 0) is 43.0 Å². The molecule has 0 bridgehead atoms. The Morgan fingerprint density at radius 2 is 1.87 bits per heavy atom. The van der Waals surface area contributed by atoms with Crippen molar-refractivity contribution < 1.29 is 14.4 Å². The number of hydroxylamine groups is 2. The average Bonchev–Trinajstić information content (AvgIpc) is 3.29. The number of amides is 2. The number of hydrogen-bond acceptors (Lipinski definition) is 4. The Kier molecular flexibility index (Phi) is 5.66. The van der Waals surface area contributed by atoms with Crippen molar-refractivity contribution in [1.82, 2.24) is 14.9 Å². The average molecular weight is 438 g/mol. The molecule has 2 amide bonds. The molecule has 1 atom stereocenters. The Morgan fingerprint density at radius 3 is 2.68 bits per heavy atom. The van der Waals surface area contributed by atoms with Gasteiger partial charge in [0.15, 0.2) is 0 Å². The summed E-state index contributed by atoms with van der Waals surface area (Å²) in [6.07, 6.45) is 4.87. The lowest BCUT2D eigenvalue weighted by atomic mass is 10.0. The van der Waals surface area contributed by atoms with Gasteiger partial charge in [-0.2, -0.15) is 5.06 Å². The van der Waals surface area contributed by atoms with Crippen LogP contribution in [-0.2, 0) is 4.84 Å². The smallest absolute Gasteiger partial charge is 0.344 e. The molecule has 3 aromatic rings. The number of ether oxygens (including phenoxy) is 1. The molecule has 31 heavy (non-hydrogen) atoms. The topological polar surface area (TPSA) is 54.9 Å². The van der Waals surface area contributed by atoms with Crippen molar-refractivity contribution in [3.05, 3.63) is 59.8 Å². The Balaban J connectivity index is 1.24. The van der Waals surface area contributed by atoms with Crippen molar-refractivity contribution in [1.29, 1.82) is 0 Å². The molecule has 160 valence electrons. The SMILES string of the molecule is O=C(N1CCCCC1)N1CC(Oc2ccc(-c3ccc4cccnc4c3Cl)cc2)CO1. The molecule has 7 heteroatoms. The lowest BCUT2D eigenvalue weighted by Gasteiger charge is -2.29. The van der Waals surface area contributed by atoms with Gasteiger partial charge in [-0.1, -0.05) is 41.9 Å². The number of fused-ring (bicyclic) bond motifs is 1. The summed E-state index contributed by atoms with van der Waals surface area (Å²) in [6, 6.07) is 15.7. The van der Waals surface area contributed by atoms with E-state index < -0.39 is 0 Å². The normalized spacial score (nSPS) is 19.1. The van der Waals surface area contributed by atoms with E-state index >= 15 is 0 Å². The van der Waals surface area contributed by atoms with Crippen LogP contribution in [0.2, 0.25) is 5.02 Å². The van der Waals surface area contributed by atoms with Crippen molar-refractivity contribution in [2.75, 3.05) is 26.2 Å². The van der Waals surface area contributed by atoms with E-state index in [1.54, 1.807) is 6.20 Å². The first-order valence-corrected chi connectivity index (χ1v) is 11.1. The highest BCUT2D eigenvalue weighted by Crippen LogP contribution is 2.34. The number of pyridine rings is 1. The molecule has 1 aromatic heterocycles. The first-order chi connectivity index (χ1) is 15.2. The van der Waals surface area contributed by atoms with E-state index in [9.17, 15) is 4.79 Å². The zero-order chi connectivity index (χ0) is 21.2. The molecule has 0 spiro atoms. The van der Waals surface area contributed by atoms with Gasteiger partial charge in [-0.25, -0.2) is 4.79 Å². The van der Waals surface area contributed by atoms with Crippen LogP contribution in [0.15, 0.2) is 54.7 Å². The highest BCUT2D eigenvalue weighted by Gasteiger charge is 2.32. The minimum atomic E-state index is -0.187. The van der Waals surface area contributed by atoms with E-state index in [2.05, 4.69) is 4.98 Å². The van der Waals surface area contributed by atoms with E-state index in [1.165, 1.54) is 11.5 Å². The van der Waals surface area contributed by atoms with Gasteiger partial charge >= 0.3 is 6.03 Å². The summed E-state index contributed by atoms with van der Waals surface area (Å²) in [7, 11) is 0. The number of carbonyl (C=O) groups is 1. The molecule has 2 saturated heterocycles. The molecule has 2 fully saturated rings. The summed E-state index contributed by atoms with van der Waals surface area (Å²) < 4.78 is 6.05. The molecule has 2 aromatic carbocycles. The first-order valence-electron chi connectivity index (χ1n) is 10.7. The van der Waals surface area contributed by atoms with Crippen molar-refractivity contribution in [2.24, 2.45) is 0 Å². The van der Waals surface area contributed by atoms with E-state index in [0.717, 1.165) is 53.7 Å². The molecular formula is C24H24ClN3O3. The maximum absolute atomic E-state index is 12.6. The standard InChI is InChI=1S/C24H24ClN3O3/c25-22-21(11-8-18-5-4-12-26-23(18)22)17-6-9-19(10-7-17)31-20-15-28(30-16-20)24(29)27-13-2-1-3-14-27/h4-12,20H,1-3,13-16H2. The Bertz CT molecular complexity index is 1080. The van der Waals surface area contributed by atoms with Crippen LogP contribution in [0.4, 0.5) is 4.79 Å². The van der Waals surface area contributed by atoms with Crippen LogP contribution in [0.25, 0.3) is 22.0 Å². The summed E-state index contributed by atoms with van der Waals surface area (Å²) >= 11 is 6.61. The molecule has 0 saturated carbocycles. The van der Waals surface area contributed by atoms with Crippen LogP contribution in [0.3, 0.4) is 0 Å². The van der Waals surface area contributed by atoms with Crippen molar-refractivity contribution in [2.45, 2.75) is 25.4 Å². The molecule has 3 heterocycles. The number of piperidine rings is 1. The number of carbonyl (C=O) groups excluding carboxylic acids is 1. The monoisotopic (exact) mass is 437 g/mol. The highest BCUT2D eigenvalue weighted by molar-refractivity contribution is 6.37. The molecule has 0 radical (unpaired) electrons. The molecule has 2 aliphatic rings. The second-order valence-electron chi connectivity index (χ2n) is 7.95. The van der Waals surface area contributed by atoms with Crippen LogP contribution < -0.4 is 4.74 Å². The minimum Gasteiger partial charge on any atom is -0.486 e. The second kappa shape index (κ2) is 8.73. The fourth-order valence-corrected chi connectivity index (χ4v) is 4.48. The third-order valence-corrected chi connectivity index (χ3v) is 6.19. The summed E-state index contributed by atoms with van der Waals surface area (Å²) in [5.41, 5.74) is 2.72. The number of urea groups is 1. The van der Waals surface area contributed by atoms with Crippen LogP contribution in [0.1, 0.15) is 19.3 Å². The molecular weight excluding hydrogens is 414 g/mol. The zero-order valence-corrected chi connectivity index (χ0v) is 17.9. The fourth-order valence-electron chi connectivity index (χ4n) is 4.15. The number of benzene rings is 2. The van der Waals surface area contributed by atoms with Crippen LogP contribution in [-0.4, -0.2) is 53.3 Å². The maximum atomic E-state index is 12.6. The second-order valence-corrected chi connectivity index (χ2v) is 8.33. The van der Waals surface area contributed by atoms with Gasteiger partial charge < -0.3 is 9.64 Å². The predicted octanol–water partition coefficient (Wildman–Crippen LogP) is 5.16. The number of rotatable bonds is 3. The fraction of sp³-hybridized carbons (Fsp3) is 0.333. The Morgan fingerprint density at radius 1 is 1.06 bits per heavy atom. The first kappa shape index (κ1) is 20.1. The third kappa shape index (κ3) is 4.18. The van der Waals surface area contributed by atoms with Gasteiger partial charge in [0.2, 0.25) is 0 Å². The minimum absolute atomic E-state index is 0.0549. The Labute approximate surface area is 186 Å². The van der Waals surface area contributed by atoms with Gasteiger partial charge in [-0.3, -0.25) is 9.82 Å². The van der Waals surface area contributed by atoms with Gasteiger partial charge in [-0.15, -0.1) is 0 Å². The van der Waals surface area contributed by atoms with Crippen LogP contribution in [0.5, 0.6) is 5.75 Å². The molecule has 0 N–H and O–H groups in total. The van der Waals surface area contributed by atoms with Crippen LogP contribution >= 0.6 is 11.6 Å². The highest BCUT2D eigenvalue weighted by atomic mass is 35.5. The van der Waals surface area contributed by atoms with Crippen molar-refractivity contribution in [3.8, 4) is 16.9 Å². The Hall–Kier alpha value is -2.83. The van der Waals surface area contributed by atoms with E-state index in [1.807, 2.05) is 53.4 Å². The summed E-state index contributed by atoms with van der Waals surface area (Å²) in [5.74, 6) is 0.736. The lowest BCUT2D eigenvalue weighted by Crippen LogP contribution is -2.44. The number of hydrogen-bond donors (Lipinski definition) is 0. The van der Waals surface area contributed by atoms with Crippen LogP contribution in [0, 0.1) is 0 Å². The quantitative estimate of drug-likeness (QED) is 0.568. The largest absolute Gasteiger partial charge is 0.486 e. The third-order valence-electron chi connectivity index (χ3n) is 5.81. The van der Waals surface area contributed by atoms with Gasteiger partial charge in [0.05, 0.1) is 17.1 Å². The van der Waals surface area contributed by atoms with Gasteiger partial charge in [0, 0.05) is 30.2 Å². The number of nitrogens with zero attached hydrogens (tertiary/aromatic N) is 3. The zero-order valence-electron chi connectivity index (χ0n) is 17.2. The molecule has 0 aliphatic carbocycles. The van der Waals surface area contributed by atoms with Gasteiger partial charge in [0.1, 0.15) is 18.5 Å². The molecule has 6 nitrogen and oxygen atoms in total. The summed E-state index contributed by atoms with van der Waals surface area (Å²) in [5, 5.41) is 3.09. The summed E-state index contributed by atoms with van der Waals surface area (Å²) in [4.78, 5) is 24.4. The van der Waals surface area contributed by atoms with E-state index in [-0.39, 0.29) is 12.1 Å². The van der Waals surface area contributed by atoms with Crippen molar-refractivity contribution >= 4 is 28.5 Å². The number of aromatic nitrogens is 1. The van der Waals surface area contributed by atoms with Gasteiger partial charge in [0.25, 0.3) is 0 Å². The van der Waals surface area contributed by atoms with E-state index in [4.69, 9.17) is 21.2 Å². The molecule has 5 rings (SSSR count). The molecule has 2 aliphatic heterocycles. The summed E-state index contributed by atoms with van der Waals surface area (Å²) in [6.45, 7) is 2.40. The van der Waals surface area contributed by atoms with E-state index in [0.29, 0.717) is 18.2 Å². The lowest BCUT2D eigenvalue weighted by molar-refractivity contribution is -0.0791. The predicted molar refractivity (Wildman–Crippen MR) is 120 cm³/mol. The maximum Gasteiger partial charge on any atom is 0.344 e. The van der Waals surface area contributed by atoms with Crippen molar-refractivity contribution in [3.63, 3.8) is 0 Å². The number of likely N-dealkylation sites (tertiary alicyclic amines) is 1.